The summed E-state index contributed by atoms with van der Waals surface area (Å²) in [5.74, 6) is 0. The van der Waals surface area contributed by atoms with Crippen molar-refractivity contribution in [2.24, 2.45) is 0 Å². The van der Waals surface area contributed by atoms with Crippen LogP contribution in [0.4, 0.5) is 0 Å². The van der Waals surface area contributed by atoms with Gasteiger partial charge in [-0.05, 0) is 18.9 Å². The van der Waals surface area contributed by atoms with Gasteiger partial charge in [0.2, 0.25) is 0 Å². The van der Waals surface area contributed by atoms with Gasteiger partial charge < -0.3 is 0 Å². The summed E-state index contributed by atoms with van der Waals surface area (Å²) in [5.41, 5.74) is 2.78. The average Bonchev–Trinajstić information content (AvgIpc) is 2.08. The molecule has 0 bridgehead atoms. The first kappa shape index (κ1) is 14.8. The van der Waals surface area contributed by atoms with Gasteiger partial charge in [-0.25, -0.2) is 0 Å². The molecule has 0 heterocycles. The van der Waals surface area contributed by atoms with E-state index in [1.54, 1.807) is 0 Å². The van der Waals surface area contributed by atoms with Crippen LogP contribution in [0.3, 0.4) is 0 Å². The molecule has 0 aliphatic heterocycles. The van der Waals surface area contributed by atoms with Crippen LogP contribution in [0.5, 0.6) is 0 Å². The predicted molar refractivity (Wildman–Crippen MR) is 51.9 cm³/mol. The van der Waals surface area contributed by atoms with Crippen LogP contribution in [0.25, 0.3) is 0 Å². The van der Waals surface area contributed by atoms with E-state index in [9.17, 15) is 0 Å². The van der Waals surface area contributed by atoms with E-state index in [-0.39, 0.29) is 31.1 Å². The van der Waals surface area contributed by atoms with Gasteiger partial charge in [0, 0.05) is 31.1 Å². The molecule has 0 unspecified atom stereocenters. The smallest absolute Gasteiger partial charge is 0 e. The molecule has 0 saturated carbocycles. The predicted octanol–water partition coefficient (Wildman–Crippen LogP) is 3.58. The molecular weight excluding hydrogens is 370 g/mol. The third kappa shape index (κ3) is 5.86. The van der Waals surface area contributed by atoms with Crippen molar-refractivity contribution in [3.8, 4) is 0 Å². The minimum absolute atomic E-state index is 0. The largest absolute Gasteiger partial charge is 0.0683 e. The minimum atomic E-state index is 0. The first-order chi connectivity index (χ1) is 5.33. The third-order valence-corrected chi connectivity index (χ3v) is 1.49. The van der Waals surface area contributed by atoms with Gasteiger partial charge in [0.1, 0.15) is 0 Å². The van der Waals surface area contributed by atoms with Crippen LogP contribution in [0.15, 0.2) is 24.3 Å². The fraction of sp³-hybridized carbons (Fsp3) is 0.455. The minimum Gasteiger partial charge on any atom is -0.0683 e. The molecule has 0 amide bonds. The number of benzene rings is 1. The maximum Gasteiger partial charge on any atom is 0 e. The van der Waals surface area contributed by atoms with Crippen LogP contribution < -0.4 is 0 Å². The molecule has 0 N–H and O–H groups in total. The molecule has 0 nitrogen and oxygen atoms in total. The van der Waals surface area contributed by atoms with Crippen molar-refractivity contribution in [2.75, 3.05) is 0 Å². The van der Waals surface area contributed by atoms with E-state index in [0.717, 1.165) is 6.42 Å². The topological polar surface area (TPSA) is 0 Å². The zero-order chi connectivity index (χ0) is 8.69. The Hall–Kier alpha value is 0.272. The normalized spacial score (nSPS) is 7.67. The SMILES string of the molecule is CC.CCc1cccc(C)c1.[U]. The van der Waals surface area contributed by atoms with Crippen molar-refractivity contribution in [1.82, 2.24) is 0 Å². The molecule has 0 fully saturated rings. The molecule has 0 aliphatic rings. The van der Waals surface area contributed by atoms with Crippen molar-refractivity contribution in [1.29, 1.82) is 0 Å². The molecule has 0 aliphatic carbocycles. The Labute approximate surface area is 100 Å². The number of aryl methyl sites for hydroxylation is 2. The fourth-order valence-electron chi connectivity index (χ4n) is 0.932. The van der Waals surface area contributed by atoms with Crippen LogP contribution in [0.1, 0.15) is 31.9 Å². The first-order valence-electron chi connectivity index (χ1n) is 4.38. The van der Waals surface area contributed by atoms with E-state index < -0.39 is 0 Å². The maximum absolute atomic E-state index is 2.22. The van der Waals surface area contributed by atoms with E-state index in [1.165, 1.54) is 11.1 Å². The van der Waals surface area contributed by atoms with E-state index in [4.69, 9.17) is 0 Å². The molecule has 12 heavy (non-hydrogen) atoms. The Morgan fingerprint density at radius 2 is 1.75 bits per heavy atom. The van der Waals surface area contributed by atoms with Gasteiger partial charge in [-0.15, -0.1) is 0 Å². The van der Waals surface area contributed by atoms with E-state index in [2.05, 4.69) is 38.1 Å². The average molecular weight is 388 g/mol. The fourth-order valence-corrected chi connectivity index (χ4v) is 0.932. The molecular formula is C11H18U. The number of hydrogen-bond donors (Lipinski definition) is 0. The number of hydrogen-bond acceptors (Lipinski definition) is 0. The van der Waals surface area contributed by atoms with Gasteiger partial charge in [0.05, 0.1) is 0 Å². The van der Waals surface area contributed by atoms with Crippen molar-refractivity contribution in [3.05, 3.63) is 35.4 Å². The standard InChI is InChI=1S/C9H12.C2H6.U/c1-3-9-6-4-5-8(2)7-9;1-2;/h4-7H,3H2,1-2H3;1-2H3;. The van der Waals surface area contributed by atoms with Gasteiger partial charge in [-0.3, -0.25) is 0 Å². The molecule has 0 atom stereocenters. The Bertz CT molecular complexity index is 194. The molecule has 0 spiro atoms. The molecule has 1 aromatic rings. The van der Waals surface area contributed by atoms with Crippen molar-refractivity contribution >= 4 is 0 Å². The Morgan fingerprint density at radius 1 is 1.17 bits per heavy atom. The van der Waals surface area contributed by atoms with Crippen molar-refractivity contribution in [2.45, 2.75) is 34.1 Å². The molecule has 66 valence electrons. The number of rotatable bonds is 1. The van der Waals surface area contributed by atoms with Gasteiger partial charge in [-0.2, -0.15) is 0 Å². The first-order valence-corrected chi connectivity index (χ1v) is 4.38. The van der Waals surface area contributed by atoms with Gasteiger partial charge in [0.15, 0.2) is 0 Å². The monoisotopic (exact) mass is 388 g/mol. The summed E-state index contributed by atoms with van der Waals surface area (Å²) in [6.45, 7) is 8.30. The summed E-state index contributed by atoms with van der Waals surface area (Å²) in [5, 5.41) is 0. The summed E-state index contributed by atoms with van der Waals surface area (Å²) in [7, 11) is 0. The summed E-state index contributed by atoms with van der Waals surface area (Å²) in [4.78, 5) is 0. The van der Waals surface area contributed by atoms with Gasteiger partial charge in [-0.1, -0.05) is 50.6 Å². The molecule has 0 radical (unpaired) electrons. The summed E-state index contributed by atoms with van der Waals surface area (Å²) >= 11 is 0. The quantitative estimate of drug-likeness (QED) is 0.690. The van der Waals surface area contributed by atoms with Crippen LogP contribution in [0, 0.1) is 38.0 Å². The Morgan fingerprint density at radius 3 is 2.08 bits per heavy atom. The summed E-state index contributed by atoms with van der Waals surface area (Å²) < 4.78 is 0. The Balaban J connectivity index is 0. The molecule has 1 aromatic carbocycles. The summed E-state index contributed by atoms with van der Waals surface area (Å²) in [6.07, 6.45) is 1.14. The maximum atomic E-state index is 2.22. The van der Waals surface area contributed by atoms with Gasteiger partial charge in [0.25, 0.3) is 0 Å². The van der Waals surface area contributed by atoms with Crippen molar-refractivity contribution in [3.63, 3.8) is 0 Å². The second-order valence-electron chi connectivity index (χ2n) is 2.34. The molecule has 0 saturated heterocycles. The zero-order valence-electron chi connectivity index (χ0n) is 8.52. The Kier molecular flexibility index (Phi) is 11.5. The second-order valence-corrected chi connectivity index (χ2v) is 2.34. The summed E-state index contributed by atoms with van der Waals surface area (Å²) in [6, 6.07) is 8.61. The van der Waals surface area contributed by atoms with Crippen molar-refractivity contribution < 1.29 is 31.1 Å². The molecule has 1 heteroatoms. The molecule has 1 rings (SSSR count). The van der Waals surface area contributed by atoms with Crippen LogP contribution in [0.2, 0.25) is 0 Å². The van der Waals surface area contributed by atoms with Crippen LogP contribution in [-0.2, 0) is 6.42 Å². The van der Waals surface area contributed by atoms with Crippen LogP contribution in [-0.4, -0.2) is 0 Å². The van der Waals surface area contributed by atoms with Gasteiger partial charge >= 0.3 is 0 Å². The van der Waals surface area contributed by atoms with E-state index in [0.29, 0.717) is 0 Å². The third-order valence-electron chi connectivity index (χ3n) is 1.49. The van der Waals surface area contributed by atoms with E-state index >= 15 is 0 Å². The zero-order valence-corrected chi connectivity index (χ0v) is 12.7. The molecule has 0 aromatic heterocycles. The van der Waals surface area contributed by atoms with Crippen LogP contribution >= 0.6 is 0 Å². The second kappa shape index (κ2) is 9.36. The van der Waals surface area contributed by atoms with E-state index in [1.807, 2.05) is 13.8 Å².